The number of carbonyl (C=O) groups is 1. The summed E-state index contributed by atoms with van der Waals surface area (Å²) in [4.78, 5) is 18.6. The molecule has 0 N–H and O–H groups in total. The average Bonchev–Trinajstić information content (AvgIpc) is 2.94. The number of thioether (sulfide) groups is 1. The molecule has 0 spiro atoms. The molecule has 0 atom stereocenters. The first kappa shape index (κ1) is 17.0. The van der Waals surface area contributed by atoms with Gasteiger partial charge in [-0.15, -0.1) is 10.2 Å². The molecule has 1 fully saturated rings. The highest BCUT2D eigenvalue weighted by Crippen LogP contribution is 2.22. The molecule has 0 unspecified atom stereocenters. The normalized spacial score (nSPS) is 15.8. The predicted molar refractivity (Wildman–Crippen MR) is 94.6 cm³/mol. The van der Waals surface area contributed by atoms with Gasteiger partial charge in [-0.1, -0.05) is 31.0 Å². The van der Waals surface area contributed by atoms with Crippen LogP contribution in [-0.2, 0) is 11.8 Å². The summed E-state index contributed by atoms with van der Waals surface area (Å²) in [6, 6.07) is 3.83. The van der Waals surface area contributed by atoms with Crippen LogP contribution in [0.1, 0.15) is 32.1 Å². The Kier molecular flexibility index (Phi) is 5.85. The third-order valence-electron chi connectivity index (χ3n) is 4.29. The Morgan fingerprint density at radius 3 is 2.62 bits per heavy atom. The van der Waals surface area contributed by atoms with Crippen LogP contribution in [0, 0.1) is 0 Å². The number of nitrogens with zero attached hydrogens (tertiary/aromatic N) is 5. The smallest absolute Gasteiger partial charge is 0.233 e. The molecule has 2 aromatic heterocycles. The number of amides is 1. The first-order valence-electron chi connectivity index (χ1n) is 8.46. The number of likely N-dealkylation sites (tertiary alicyclic amines) is 1. The van der Waals surface area contributed by atoms with Crippen LogP contribution in [0.2, 0.25) is 0 Å². The van der Waals surface area contributed by atoms with Crippen LogP contribution in [0.5, 0.6) is 0 Å². The number of carbonyl (C=O) groups excluding carboxylic acids is 1. The summed E-state index contributed by atoms with van der Waals surface area (Å²) < 4.78 is 1.92. The minimum Gasteiger partial charge on any atom is -0.342 e. The number of rotatable bonds is 4. The van der Waals surface area contributed by atoms with Crippen molar-refractivity contribution in [2.24, 2.45) is 7.05 Å². The molecular formula is C17H23N5OS. The quantitative estimate of drug-likeness (QED) is 0.797. The molecule has 3 heterocycles. The maximum Gasteiger partial charge on any atom is 0.233 e. The molecule has 1 saturated heterocycles. The van der Waals surface area contributed by atoms with Crippen LogP contribution in [-0.4, -0.2) is 49.4 Å². The van der Waals surface area contributed by atoms with Crippen molar-refractivity contribution in [1.82, 2.24) is 24.6 Å². The second-order valence-corrected chi connectivity index (χ2v) is 6.99. The van der Waals surface area contributed by atoms with E-state index in [4.69, 9.17) is 0 Å². The topological polar surface area (TPSA) is 63.9 Å². The van der Waals surface area contributed by atoms with E-state index in [2.05, 4.69) is 15.2 Å². The lowest BCUT2D eigenvalue weighted by Gasteiger charge is -2.24. The van der Waals surface area contributed by atoms with Crippen molar-refractivity contribution in [2.45, 2.75) is 37.3 Å². The largest absolute Gasteiger partial charge is 0.342 e. The summed E-state index contributed by atoms with van der Waals surface area (Å²) in [5.74, 6) is 1.39. The molecule has 0 bridgehead atoms. The van der Waals surface area contributed by atoms with E-state index >= 15 is 0 Å². The Morgan fingerprint density at radius 1 is 1.17 bits per heavy atom. The zero-order valence-corrected chi connectivity index (χ0v) is 14.8. The van der Waals surface area contributed by atoms with Gasteiger partial charge in [0.2, 0.25) is 5.91 Å². The van der Waals surface area contributed by atoms with Gasteiger partial charge in [0.1, 0.15) is 0 Å². The summed E-state index contributed by atoms with van der Waals surface area (Å²) in [6.07, 6.45) is 9.49. The molecule has 6 nitrogen and oxygen atoms in total. The van der Waals surface area contributed by atoms with Crippen molar-refractivity contribution in [3.8, 4) is 11.4 Å². The van der Waals surface area contributed by atoms with Crippen molar-refractivity contribution in [1.29, 1.82) is 0 Å². The van der Waals surface area contributed by atoms with Crippen LogP contribution < -0.4 is 0 Å². The second-order valence-electron chi connectivity index (χ2n) is 6.04. The summed E-state index contributed by atoms with van der Waals surface area (Å²) in [6.45, 7) is 1.78. The minimum atomic E-state index is 0.202. The van der Waals surface area contributed by atoms with Crippen molar-refractivity contribution in [3.63, 3.8) is 0 Å². The molecule has 1 aliphatic heterocycles. The Labute approximate surface area is 146 Å². The lowest BCUT2D eigenvalue weighted by atomic mass is 10.1. The van der Waals surface area contributed by atoms with Gasteiger partial charge in [-0.05, 0) is 25.0 Å². The SMILES string of the molecule is Cn1c(SCC(=O)N2CCCCCCC2)nnc1-c1cccnc1. The number of hydrogen-bond donors (Lipinski definition) is 0. The van der Waals surface area contributed by atoms with Crippen molar-refractivity contribution in [2.75, 3.05) is 18.8 Å². The number of pyridine rings is 1. The van der Waals surface area contributed by atoms with Crippen LogP contribution in [0.25, 0.3) is 11.4 Å². The summed E-state index contributed by atoms with van der Waals surface area (Å²) in [5, 5.41) is 9.21. The highest BCUT2D eigenvalue weighted by atomic mass is 32.2. The van der Waals surface area contributed by atoms with E-state index in [1.807, 2.05) is 28.6 Å². The average molecular weight is 345 g/mol. The van der Waals surface area contributed by atoms with Gasteiger partial charge in [0.05, 0.1) is 5.75 Å². The predicted octanol–water partition coefficient (Wildman–Crippen LogP) is 2.76. The highest BCUT2D eigenvalue weighted by Gasteiger charge is 2.17. The van der Waals surface area contributed by atoms with Gasteiger partial charge in [-0.25, -0.2) is 0 Å². The Hall–Kier alpha value is -1.89. The number of aromatic nitrogens is 4. The van der Waals surface area contributed by atoms with Crippen LogP contribution in [0.4, 0.5) is 0 Å². The second kappa shape index (κ2) is 8.28. The molecule has 1 amide bonds. The van der Waals surface area contributed by atoms with E-state index in [0.717, 1.165) is 42.5 Å². The van der Waals surface area contributed by atoms with E-state index < -0.39 is 0 Å². The molecular weight excluding hydrogens is 322 g/mol. The summed E-state index contributed by atoms with van der Waals surface area (Å²) >= 11 is 1.45. The van der Waals surface area contributed by atoms with Crippen LogP contribution >= 0.6 is 11.8 Å². The maximum absolute atomic E-state index is 12.5. The van der Waals surface area contributed by atoms with Gasteiger partial charge in [0.25, 0.3) is 0 Å². The molecule has 128 valence electrons. The fraction of sp³-hybridized carbons (Fsp3) is 0.529. The van der Waals surface area contributed by atoms with E-state index in [9.17, 15) is 4.79 Å². The Bertz CT molecular complexity index is 665. The number of hydrogen-bond acceptors (Lipinski definition) is 5. The summed E-state index contributed by atoms with van der Waals surface area (Å²) in [5.41, 5.74) is 0.925. The zero-order valence-electron chi connectivity index (χ0n) is 14.0. The third-order valence-corrected chi connectivity index (χ3v) is 5.29. The molecule has 1 aliphatic rings. The first-order valence-corrected chi connectivity index (χ1v) is 9.44. The van der Waals surface area contributed by atoms with Gasteiger partial charge in [-0.2, -0.15) is 0 Å². The van der Waals surface area contributed by atoms with Gasteiger partial charge < -0.3 is 9.47 Å². The van der Waals surface area contributed by atoms with E-state index in [-0.39, 0.29) is 5.91 Å². The molecule has 24 heavy (non-hydrogen) atoms. The fourth-order valence-corrected chi connectivity index (χ4v) is 3.72. The molecule has 3 rings (SSSR count). The van der Waals surface area contributed by atoms with E-state index in [1.165, 1.54) is 31.0 Å². The standard InChI is InChI=1S/C17H23N5OS/c1-21-16(14-8-7-9-18-12-14)19-20-17(21)24-13-15(23)22-10-5-3-2-4-6-11-22/h7-9,12H,2-6,10-11,13H2,1H3. The zero-order chi connectivity index (χ0) is 16.8. The lowest BCUT2D eigenvalue weighted by Crippen LogP contribution is -2.35. The molecule has 7 heteroatoms. The molecule has 0 radical (unpaired) electrons. The first-order chi connectivity index (χ1) is 11.8. The van der Waals surface area contributed by atoms with Crippen LogP contribution in [0.15, 0.2) is 29.7 Å². The van der Waals surface area contributed by atoms with Gasteiger partial charge in [0, 0.05) is 38.1 Å². The molecule has 0 aromatic carbocycles. The van der Waals surface area contributed by atoms with Gasteiger partial charge >= 0.3 is 0 Å². The fourth-order valence-electron chi connectivity index (χ4n) is 2.90. The molecule has 0 aliphatic carbocycles. The minimum absolute atomic E-state index is 0.202. The van der Waals surface area contributed by atoms with Crippen LogP contribution in [0.3, 0.4) is 0 Å². The monoisotopic (exact) mass is 345 g/mol. The van der Waals surface area contributed by atoms with E-state index in [0.29, 0.717) is 5.75 Å². The third kappa shape index (κ3) is 4.14. The highest BCUT2D eigenvalue weighted by molar-refractivity contribution is 7.99. The van der Waals surface area contributed by atoms with Crippen molar-refractivity contribution in [3.05, 3.63) is 24.5 Å². The summed E-state index contributed by atoms with van der Waals surface area (Å²) in [7, 11) is 1.92. The molecule has 0 saturated carbocycles. The molecule has 2 aromatic rings. The van der Waals surface area contributed by atoms with Gasteiger partial charge in [-0.3, -0.25) is 9.78 Å². The van der Waals surface area contributed by atoms with Crippen molar-refractivity contribution < 1.29 is 4.79 Å². The lowest BCUT2D eigenvalue weighted by molar-refractivity contribution is -0.128. The van der Waals surface area contributed by atoms with E-state index in [1.54, 1.807) is 12.4 Å². The Balaban J connectivity index is 1.60. The Morgan fingerprint density at radius 2 is 1.92 bits per heavy atom. The maximum atomic E-state index is 12.5. The van der Waals surface area contributed by atoms with Crippen molar-refractivity contribution >= 4 is 17.7 Å². The van der Waals surface area contributed by atoms with Gasteiger partial charge in [0.15, 0.2) is 11.0 Å².